The normalized spacial score (nSPS) is 11.9. The van der Waals surface area contributed by atoms with Gasteiger partial charge >= 0.3 is 0 Å². The largest absolute Gasteiger partial charge is 0.349 e. The monoisotopic (exact) mass is 368 g/mol. The van der Waals surface area contributed by atoms with Gasteiger partial charge in [-0.2, -0.15) is 0 Å². The Labute approximate surface area is 161 Å². The Morgan fingerprint density at radius 3 is 2.48 bits per heavy atom. The summed E-state index contributed by atoms with van der Waals surface area (Å²) in [7, 11) is 0. The minimum absolute atomic E-state index is 0.0301. The molecule has 0 aliphatic rings. The molecule has 0 bridgehead atoms. The van der Waals surface area contributed by atoms with Crippen molar-refractivity contribution in [2.24, 2.45) is 0 Å². The first kappa shape index (κ1) is 19.6. The topological polar surface area (TPSA) is 53.9 Å². The lowest BCUT2D eigenvalue weighted by Gasteiger charge is -2.22. The van der Waals surface area contributed by atoms with Crippen molar-refractivity contribution in [3.05, 3.63) is 40.4 Å². The first-order valence-electron chi connectivity index (χ1n) is 10.3. The van der Waals surface area contributed by atoms with Crippen molar-refractivity contribution in [3.63, 3.8) is 0 Å². The third-order valence-electron chi connectivity index (χ3n) is 5.26. The fraction of sp³-hybridized carbons (Fsp3) is 0.545. The number of benzene rings is 1. The van der Waals surface area contributed by atoms with Gasteiger partial charge in [0, 0.05) is 17.4 Å². The summed E-state index contributed by atoms with van der Waals surface area (Å²) in [6, 6.07) is 6.17. The molecule has 2 heterocycles. The van der Waals surface area contributed by atoms with Crippen molar-refractivity contribution in [2.45, 2.75) is 59.4 Å². The predicted octanol–water partition coefficient (Wildman–Crippen LogP) is 4.48. The molecule has 0 unspecified atom stereocenters. The Balaban J connectivity index is 1.72. The lowest BCUT2D eigenvalue weighted by Crippen LogP contribution is -2.29. The van der Waals surface area contributed by atoms with E-state index in [1.54, 1.807) is 10.9 Å². The molecule has 5 nitrogen and oxygen atoms in total. The van der Waals surface area contributed by atoms with Gasteiger partial charge in [0.05, 0.1) is 6.33 Å². The maximum atomic E-state index is 12.9. The van der Waals surface area contributed by atoms with Gasteiger partial charge in [0.25, 0.3) is 5.56 Å². The van der Waals surface area contributed by atoms with Gasteiger partial charge in [0.1, 0.15) is 11.0 Å². The second kappa shape index (κ2) is 9.18. The maximum Gasteiger partial charge on any atom is 0.277 e. The van der Waals surface area contributed by atoms with E-state index in [9.17, 15) is 4.79 Å². The van der Waals surface area contributed by atoms with E-state index >= 15 is 0 Å². The number of unbranched alkanes of at least 4 members (excludes halogenated alkanes) is 2. The molecule has 0 aliphatic heterocycles. The van der Waals surface area contributed by atoms with E-state index in [0.717, 1.165) is 42.5 Å². The Hall–Kier alpha value is -2.14. The summed E-state index contributed by atoms with van der Waals surface area (Å²) in [4.78, 5) is 23.3. The second-order valence-corrected chi connectivity index (χ2v) is 7.54. The molecule has 0 radical (unpaired) electrons. The van der Waals surface area contributed by atoms with Crippen molar-refractivity contribution in [1.82, 2.24) is 19.4 Å². The zero-order valence-corrected chi connectivity index (χ0v) is 16.9. The van der Waals surface area contributed by atoms with Crippen LogP contribution in [0.2, 0.25) is 0 Å². The molecule has 5 heteroatoms. The van der Waals surface area contributed by atoms with Crippen LogP contribution in [0, 0.1) is 6.92 Å². The average Bonchev–Trinajstić information content (AvgIpc) is 3.03. The zero-order valence-electron chi connectivity index (χ0n) is 16.9. The first-order valence-corrected chi connectivity index (χ1v) is 10.3. The van der Waals surface area contributed by atoms with Crippen LogP contribution >= 0.6 is 0 Å². The molecule has 0 atom stereocenters. The Kier molecular flexibility index (Phi) is 6.67. The molecule has 0 fully saturated rings. The zero-order chi connectivity index (χ0) is 19.2. The molecule has 0 aliphatic carbocycles. The van der Waals surface area contributed by atoms with Gasteiger partial charge in [0.2, 0.25) is 0 Å². The van der Waals surface area contributed by atoms with Crippen molar-refractivity contribution in [2.75, 3.05) is 19.6 Å². The fourth-order valence-electron chi connectivity index (χ4n) is 3.63. The summed E-state index contributed by atoms with van der Waals surface area (Å²) in [6.45, 7) is 10.6. The molecular weight excluding hydrogens is 336 g/mol. The van der Waals surface area contributed by atoms with Crippen molar-refractivity contribution in [1.29, 1.82) is 0 Å². The van der Waals surface area contributed by atoms with Gasteiger partial charge in [-0.25, -0.2) is 4.98 Å². The van der Waals surface area contributed by atoms with Gasteiger partial charge in [-0.15, -0.1) is 0 Å². The van der Waals surface area contributed by atoms with Crippen molar-refractivity contribution in [3.8, 4) is 0 Å². The van der Waals surface area contributed by atoms with Crippen LogP contribution in [0.15, 0.2) is 29.3 Å². The Morgan fingerprint density at radius 1 is 1.07 bits per heavy atom. The van der Waals surface area contributed by atoms with E-state index in [1.165, 1.54) is 31.2 Å². The standard InChI is InChI=1S/C22H32N4O/c1-4-6-11-25(12-7-5-2)13-8-14-26-16-23-20-18-10-9-17(3)15-19(18)24-21(20)22(26)27/h9-10,15-16,24H,4-8,11-14H2,1-3H3. The molecule has 3 aromatic rings. The van der Waals surface area contributed by atoms with Gasteiger partial charge in [-0.1, -0.05) is 38.8 Å². The van der Waals surface area contributed by atoms with Crippen LogP contribution in [0.25, 0.3) is 21.9 Å². The van der Waals surface area contributed by atoms with E-state index in [1.807, 2.05) is 6.07 Å². The number of H-pyrrole nitrogens is 1. The summed E-state index contributed by atoms with van der Waals surface area (Å²) >= 11 is 0. The summed E-state index contributed by atoms with van der Waals surface area (Å²) < 4.78 is 1.75. The third kappa shape index (κ3) is 4.59. The number of nitrogens with zero attached hydrogens (tertiary/aromatic N) is 3. The van der Waals surface area contributed by atoms with Crippen molar-refractivity contribution >= 4 is 21.9 Å². The second-order valence-electron chi connectivity index (χ2n) is 7.54. The number of aromatic amines is 1. The highest BCUT2D eigenvalue weighted by molar-refractivity contribution is 6.04. The molecule has 1 N–H and O–H groups in total. The van der Waals surface area contributed by atoms with Crippen LogP contribution in [-0.2, 0) is 6.54 Å². The molecule has 0 saturated carbocycles. The minimum atomic E-state index is 0.0301. The van der Waals surface area contributed by atoms with Gasteiger partial charge in [-0.3, -0.25) is 9.36 Å². The summed E-state index contributed by atoms with van der Waals surface area (Å²) in [6.07, 6.45) is 7.61. The SMILES string of the molecule is CCCCN(CCCC)CCCn1cnc2c([nH]c3cc(C)ccc32)c1=O. The molecule has 0 spiro atoms. The van der Waals surface area contributed by atoms with Crippen LogP contribution in [0.1, 0.15) is 51.5 Å². The average molecular weight is 369 g/mol. The number of aryl methyl sites for hydroxylation is 2. The van der Waals surface area contributed by atoms with Crippen molar-refractivity contribution < 1.29 is 0 Å². The number of nitrogens with one attached hydrogen (secondary N) is 1. The quantitative estimate of drug-likeness (QED) is 0.574. The van der Waals surface area contributed by atoms with Crippen LogP contribution in [0.3, 0.4) is 0 Å². The van der Waals surface area contributed by atoms with E-state index in [0.29, 0.717) is 12.1 Å². The van der Waals surface area contributed by atoms with Crippen LogP contribution in [0.4, 0.5) is 0 Å². The molecule has 1 aromatic carbocycles. The molecule has 2 aromatic heterocycles. The highest BCUT2D eigenvalue weighted by atomic mass is 16.1. The Bertz CT molecular complexity index is 933. The lowest BCUT2D eigenvalue weighted by atomic mass is 10.2. The highest BCUT2D eigenvalue weighted by Crippen LogP contribution is 2.22. The van der Waals surface area contributed by atoms with Gasteiger partial charge in [0.15, 0.2) is 0 Å². The number of aromatic nitrogens is 3. The molecule has 0 amide bonds. The van der Waals surface area contributed by atoms with E-state index < -0.39 is 0 Å². The molecular formula is C22H32N4O. The predicted molar refractivity (Wildman–Crippen MR) is 113 cm³/mol. The maximum absolute atomic E-state index is 12.9. The minimum Gasteiger partial charge on any atom is -0.349 e. The van der Waals surface area contributed by atoms with Gasteiger partial charge in [-0.05, 0) is 57.5 Å². The third-order valence-corrected chi connectivity index (χ3v) is 5.26. The van der Waals surface area contributed by atoms with E-state index in [2.05, 4.69) is 47.8 Å². The molecule has 27 heavy (non-hydrogen) atoms. The van der Waals surface area contributed by atoms with Crippen LogP contribution < -0.4 is 5.56 Å². The smallest absolute Gasteiger partial charge is 0.277 e. The molecule has 3 rings (SSSR count). The number of hydrogen-bond acceptors (Lipinski definition) is 3. The molecule has 0 saturated heterocycles. The van der Waals surface area contributed by atoms with Gasteiger partial charge < -0.3 is 9.88 Å². The number of rotatable bonds is 10. The summed E-state index contributed by atoms with van der Waals surface area (Å²) in [5.41, 5.74) is 3.58. The number of fused-ring (bicyclic) bond motifs is 3. The van der Waals surface area contributed by atoms with E-state index in [4.69, 9.17) is 0 Å². The molecule has 146 valence electrons. The van der Waals surface area contributed by atoms with Crippen LogP contribution in [0.5, 0.6) is 0 Å². The summed E-state index contributed by atoms with van der Waals surface area (Å²) in [5.74, 6) is 0. The number of hydrogen-bond donors (Lipinski definition) is 1. The van der Waals surface area contributed by atoms with Crippen LogP contribution in [-0.4, -0.2) is 39.1 Å². The summed E-state index contributed by atoms with van der Waals surface area (Å²) in [5, 5.41) is 1.02. The lowest BCUT2D eigenvalue weighted by molar-refractivity contribution is 0.257. The first-order chi connectivity index (χ1) is 13.1. The highest BCUT2D eigenvalue weighted by Gasteiger charge is 2.11. The fourth-order valence-corrected chi connectivity index (χ4v) is 3.63. The Morgan fingerprint density at radius 2 is 1.78 bits per heavy atom. The van der Waals surface area contributed by atoms with E-state index in [-0.39, 0.29) is 5.56 Å².